The minimum Gasteiger partial charge on any atom is -0.501 e. The Morgan fingerprint density at radius 2 is 2.11 bits per heavy atom. The lowest BCUT2D eigenvalue weighted by Gasteiger charge is -2.33. The van der Waals surface area contributed by atoms with Gasteiger partial charge in [0.25, 0.3) is 0 Å². The van der Waals surface area contributed by atoms with E-state index in [4.69, 9.17) is 9.47 Å². The van der Waals surface area contributed by atoms with Crippen molar-refractivity contribution in [1.82, 2.24) is 0 Å². The molecule has 0 amide bonds. The van der Waals surface area contributed by atoms with E-state index in [-0.39, 0.29) is 0 Å². The van der Waals surface area contributed by atoms with Gasteiger partial charge in [-0.1, -0.05) is 13.3 Å². The molecule has 2 aliphatic heterocycles. The zero-order chi connectivity index (χ0) is 12.4. The van der Waals surface area contributed by atoms with E-state index in [9.17, 15) is 0 Å². The van der Waals surface area contributed by atoms with Crippen molar-refractivity contribution in [3.63, 3.8) is 0 Å². The highest BCUT2D eigenvalue weighted by Gasteiger charge is 2.51. The van der Waals surface area contributed by atoms with Crippen LogP contribution in [0.25, 0.3) is 0 Å². The van der Waals surface area contributed by atoms with E-state index in [1.54, 1.807) is 0 Å². The first-order valence-electron chi connectivity index (χ1n) is 7.77. The molecule has 2 bridgehead atoms. The van der Waals surface area contributed by atoms with Crippen molar-refractivity contribution in [3.05, 3.63) is 11.8 Å². The molecule has 3 fully saturated rings. The molecular weight excluding hydrogens is 224 g/mol. The highest BCUT2D eigenvalue weighted by atomic mass is 16.5. The molecule has 18 heavy (non-hydrogen) atoms. The minimum atomic E-state index is 0.314. The maximum atomic E-state index is 6.02. The Hall–Kier alpha value is -0.500. The van der Waals surface area contributed by atoms with Gasteiger partial charge in [0.2, 0.25) is 0 Å². The Morgan fingerprint density at radius 3 is 2.72 bits per heavy atom. The first-order valence-corrected chi connectivity index (χ1v) is 7.77. The predicted octanol–water partition coefficient (Wildman–Crippen LogP) is 4.20. The van der Waals surface area contributed by atoms with Crippen molar-refractivity contribution in [2.24, 2.45) is 5.41 Å². The molecule has 3 aliphatic rings. The topological polar surface area (TPSA) is 18.5 Å². The van der Waals surface area contributed by atoms with Gasteiger partial charge in [0, 0.05) is 5.41 Å². The molecule has 1 aliphatic carbocycles. The van der Waals surface area contributed by atoms with E-state index in [2.05, 4.69) is 13.2 Å². The Bertz CT molecular complexity index is 315. The molecule has 2 nitrogen and oxygen atoms in total. The molecule has 0 aromatic heterocycles. The van der Waals surface area contributed by atoms with E-state index in [0.717, 1.165) is 6.61 Å². The Labute approximate surface area is 111 Å². The average Bonchev–Trinajstić information content (AvgIpc) is 3.01. The second-order valence-electron chi connectivity index (χ2n) is 6.39. The number of hydrogen-bond acceptors (Lipinski definition) is 2. The summed E-state index contributed by atoms with van der Waals surface area (Å²) in [7, 11) is 0. The van der Waals surface area contributed by atoms with E-state index in [1.165, 1.54) is 63.4 Å². The third-order valence-corrected chi connectivity index (χ3v) is 5.25. The number of hydrogen-bond donors (Lipinski definition) is 0. The van der Waals surface area contributed by atoms with Crippen LogP contribution in [0, 0.1) is 5.41 Å². The van der Waals surface area contributed by atoms with Crippen LogP contribution in [-0.4, -0.2) is 18.8 Å². The second kappa shape index (κ2) is 5.24. The van der Waals surface area contributed by atoms with Gasteiger partial charge in [-0.05, 0) is 56.9 Å². The molecule has 1 saturated carbocycles. The molecule has 3 unspecified atom stereocenters. The van der Waals surface area contributed by atoms with E-state index < -0.39 is 0 Å². The molecular formula is C16H26O2. The molecule has 2 heterocycles. The smallest absolute Gasteiger partial charge is 0.0955 e. The van der Waals surface area contributed by atoms with Gasteiger partial charge in [0.05, 0.1) is 25.1 Å². The Balaban J connectivity index is 1.55. The van der Waals surface area contributed by atoms with Crippen molar-refractivity contribution in [1.29, 1.82) is 0 Å². The number of rotatable bonds is 4. The van der Waals surface area contributed by atoms with Crippen molar-refractivity contribution in [3.8, 4) is 0 Å². The monoisotopic (exact) mass is 250 g/mol. The molecule has 2 heteroatoms. The van der Waals surface area contributed by atoms with Gasteiger partial charge in [0.1, 0.15) is 0 Å². The standard InChI is InChI=1S/C16H26O2/c1-2-16(10-14-8-9-15(16)18-14)12-17-11-13-6-4-3-5-7-13/h11,14-15H,2-10,12H2,1H3. The largest absolute Gasteiger partial charge is 0.501 e. The van der Waals surface area contributed by atoms with Crippen LogP contribution in [-0.2, 0) is 9.47 Å². The van der Waals surface area contributed by atoms with Gasteiger partial charge < -0.3 is 9.47 Å². The van der Waals surface area contributed by atoms with E-state index >= 15 is 0 Å². The summed E-state index contributed by atoms with van der Waals surface area (Å²) in [4.78, 5) is 0. The normalized spacial score (nSPS) is 39.1. The third-order valence-electron chi connectivity index (χ3n) is 5.25. The van der Waals surface area contributed by atoms with Crippen LogP contribution in [0.15, 0.2) is 11.8 Å². The maximum Gasteiger partial charge on any atom is 0.0955 e. The molecule has 0 spiro atoms. The summed E-state index contributed by atoms with van der Waals surface area (Å²) in [6, 6.07) is 0. The summed E-state index contributed by atoms with van der Waals surface area (Å²) >= 11 is 0. The zero-order valence-electron chi connectivity index (χ0n) is 11.6. The molecule has 0 aromatic carbocycles. The summed E-state index contributed by atoms with van der Waals surface area (Å²) in [5, 5.41) is 0. The summed E-state index contributed by atoms with van der Waals surface area (Å²) in [5.41, 5.74) is 1.84. The highest BCUT2D eigenvalue weighted by Crippen LogP contribution is 2.49. The van der Waals surface area contributed by atoms with Gasteiger partial charge in [-0.2, -0.15) is 0 Å². The highest BCUT2D eigenvalue weighted by molar-refractivity contribution is 5.03. The van der Waals surface area contributed by atoms with Gasteiger partial charge in [0.15, 0.2) is 0 Å². The van der Waals surface area contributed by atoms with Gasteiger partial charge in [-0.15, -0.1) is 0 Å². The van der Waals surface area contributed by atoms with E-state index in [0.29, 0.717) is 17.6 Å². The summed E-state index contributed by atoms with van der Waals surface area (Å²) in [6.45, 7) is 3.16. The lowest BCUT2D eigenvalue weighted by molar-refractivity contribution is 0.0182. The first kappa shape index (κ1) is 12.5. The van der Waals surface area contributed by atoms with Crippen molar-refractivity contribution in [2.75, 3.05) is 6.61 Å². The zero-order valence-corrected chi connectivity index (χ0v) is 11.6. The van der Waals surface area contributed by atoms with Crippen molar-refractivity contribution >= 4 is 0 Å². The van der Waals surface area contributed by atoms with Gasteiger partial charge >= 0.3 is 0 Å². The Kier molecular flexibility index (Phi) is 3.65. The second-order valence-corrected chi connectivity index (χ2v) is 6.39. The molecule has 0 N–H and O–H groups in total. The van der Waals surface area contributed by atoms with Gasteiger partial charge in [-0.3, -0.25) is 0 Å². The fraction of sp³-hybridized carbons (Fsp3) is 0.875. The molecule has 2 saturated heterocycles. The fourth-order valence-electron chi connectivity index (χ4n) is 3.97. The van der Waals surface area contributed by atoms with Crippen LogP contribution in [0.5, 0.6) is 0 Å². The maximum absolute atomic E-state index is 6.02. The van der Waals surface area contributed by atoms with Crippen LogP contribution in [0.4, 0.5) is 0 Å². The van der Waals surface area contributed by atoms with E-state index in [1.807, 2.05) is 0 Å². The number of ether oxygens (including phenoxy) is 2. The summed E-state index contributed by atoms with van der Waals surface area (Å²) in [6.07, 6.45) is 14.6. The fourth-order valence-corrected chi connectivity index (χ4v) is 3.97. The van der Waals surface area contributed by atoms with Crippen LogP contribution in [0.2, 0.25) is 0 Å². The first-order chi connectivity index (χ1) is 8.82. The van der Waals surface area contributed by atoms with Crippen LogP contribution in [0.3, 0.4) is 0 Å². The van der Waals surface area contributed by atoms with Crippen LogP contribution in [0.1, 0.15) is 64.7 Å². The lowest BCUT2D eigenvalue weighted by Crippen LogP contribution is -2.36. The van der Waals surface area contributed by atoms with Crippen LogP contribution >= 0.6 is 0 Å². The molecule has 0 radical (unpaired) electrons. The number of fused-ring (bicyclic) bond motifs is 2. The third kappa shape index (κ3) is 2.32. The quantitative estimate of drug-likeness (QED) is 0.696. The molecule has 0 aromatic rings. The molecule has 102 valence electrons. The van der Waals surface area contributed by atoms with Crippen LogP contribution < -0.4 is 0 Å². The lowest BCUT2D eigenvalue weighted by atomic mass is 9.73. The Morgan fingerprint density at radius 1 is 1.28 bits per heavy atom. The molecule has 3 rings (SSSR count). The summed E-state index contributed by atoms with van der Waals surface area (Å²) < 4.78 is 12.0. The van der Waals surface area contributed by atoms with Crippen molar-refractivity contribution in [2.45, 2.75) is 76.9 Å². The summed E-state index contributed by atoms with van der Waals surface area (Å²) in [5.74, 6) is 0. The molecule has 3 atom stereocenters. The predicted molar refractivity (Wildman–Crippen MR) is 72.4 cm³/mol. The van der Waals surface area contributed by atoms with Gasteiger partial charge in [-0.25, -0.2) is 0 Å². The SMILES string of the molecule is CCC1(COC=C2CCCCC2)CC2CCC1O2. The average molecular weight is 250 g/mol. The number of allylic oxidation sites excluding steroid dienone is 1. The minimum absolute atomic E-state index is 0.314. The van der Waals surface area contributed by atoms with Crippen molar-refractivity contribution < 1.29 is 9.47 Å².